The highest BCUT2D eigenvalue weighted by molar-refractivity contribution is 7.71. The van der Waals surface area contributed by atoms with E-state index in [2.05, 4.69) is 4.98 Å². The van der Waals surface area contributed by atoms with E-state index in [0.717, 1.165) is 5.52 Å². The van der Waals surface area contributed by atoms with Crippen molar-refractivity contribution in [2.45, 2.75) is 6.54 Å². The zero-order chi connectivity index (χ0) is 12.4. The Morgan fingerprint density at radius 2 is 2.18 bits per heavy atom. The van der Waals surface area contributed by atoms with Gasteiger partial charge in [-0.25, -0.2) is 4.39 Å². The molecule has 92 valence electrons. The summed E-state index contributed by atoms with van der Waals surface area (Å²) in [5.41, 5.74) is 1.47. The van der Waals surface area contributed by atoms with Gasteiger partial charge in [0.15, 0.2) is 16.3 Å². The second-order valence-electron chi connectivity index (χ2n) is 3.58. The SMILES string of the molecule is COCCn1c(=S)[nH]c2cc(F)c(OC)cc21. The first-order valence-corrected chi connectivity index (χ1v) is 5.53. The Morgan fingerprint density at radius 3 is 2.82 bits per heavy atom. The standard InChI is InChI=1S/C11H13FN2O2S/c1-15-4-3-14-9-6-10(16-2)7(12)5-8(9)13-11(14)17/h5-6H,3-4H2,1-2H3,(H,13,17). The predicted molar refractivity (Wildman–Crippen MR) is 65.5 cm³/mol. The Balaban J connectivity index is 2.59. The molecule has 17 heavy (non-hydrogen) atoms. The smallest absolute Gasteiger partial charge is 0.178 e. The van der Waals surface area contributed by atoms with Crippen LogP contribution in [0.15, 0.2) is 12.1 Å². The third-order valence-electron chi connectivity index (χ3n) is 2.57. The molecule has 6 heteroatoms. The molecule has 0 radical (unpaired) electrons. The van der Waals surface area contributed by atoms with Crippen LogP contribution in [0, 0.1) is 10.6 Å². The van der Waals surface area contributed by atoms with Gasteiger partial charge >= 0.3 is 0 Å². The van der Waals surface area contributed by atoms with Gasteiger partial charge in [0.25, 0.3) is 0 Å². The van der Waals surface area contributed by atoms with Crippen LogP contribution in [0.25, 0.3) is 11.0 Å². The maximum Gasteiger partial charge on any atom is 0.178 e. The Labute approximate surface area is 103 Å². The molecule has 0 spiro atoms. The van der Waals surface area contributed by atoms with Crippen molar-refractivity contribution in [3.63, 3.8) is 0 Å². The Hall–Kier alpha value is -1.40. The first-order chi connectivity index (χ1) is 8.17. The van der Waals surface area contributed by atoms with Crippen molar-refractivity contribution >= 4 is 23.3 Å². The number of benzene rings is 1. The molecule has 2 aromatic rings. The van der Waals surface area contributed by atoms with E-state index in [1.807, 2.05) is 4.57 Å². The van der Waals surface area contributed by atoms with Gasteiger partial charge in [0, 0.05) is 25.8 Å². The third kappa shape index (κ3) is 2.18. The highest BCUT2D eigenvalue weighted by Gasteiger charge is 2.10. The molecular weight excluding hydrogens is 243 g/mol. The molecule has 4 nitrogen and oxygen atoms in total. The largest absolute Gasteiger partial charge is 0.494 e. The van der Waals surface area contributed by atoms with Crippen LogP contribution in [0.3, 0.4) is 0 Å². The number of hydrogen-bond donors (Lipinski definition) is 1. The summed E-state index contributed by atoms with van der Waals surface area (Å²) in [6, 6.07) is 3.01. The van der Waals surface area contributed by atoms with Gasteiger partial charge in [-0.15, -0.1) is 0 Å². The number of halogens is 1. The summed E-state index contributed by atoms with van der Waals surface area (Å²) >= 11 is 5.18. The minimum Gasteiger partial charge on any atom is -0.494 e. The molecular formula is C11H13FN2O2S. The number of ether oxygens (including phenoxy) is 2. The molecule has 0 saturated carbocycles. The summed E-state index contributed by atoms with van der Waals surface area (Å²) < 4.78 is 25.9. The number of H-pyrrole nitrogens is 1. The molecule has 1 N–H and O–H groups in total. The maximum absolute atomic E-state index is 13.5. The minimum atomic E-state index is -0.407. The van der Waals surface area contributed by atoms with Gasteiger partial charge in [0.1, 0.15) is 0 Å². The molecule has 1 aromatic carbocycles. The molecule has 0 aliphatic rings. The lowest BCUT2D eigenvalue weighted by atomic mass is 10.3. The molecule has 0 bridgehead atoms. The quantitative estimate of drug-likeness (QED) is 0.854. The van der Waals surface area contributed by atoms with Gasteiger partial charge in [-0.3, -0.25) is 0 Å². The van der Waals surface area contributed by atoms with Crippen LogP contribution >= 0.6 is 12.2 Å². The summed E-state index contributed by atoms with van der Waals surface area (Å²) in [6.45, 7) is 1.16. The first kappa shape index (κ1) is 12.1. The number of nitrogens with zero attached hydrogens (tertiary/aromatic N) is 1. The highest BCUT2D eigenvalue weighted by Crippen LogP contribution is 2.24. The zero-order valence-corrected chi connectivity index (χ0v) is 10.4. The Morgan fingerprint density at radius 1 is 1.41 bits per heavy atom. The summed E-state index contributed by atoms with van der Waals surface area (Å²) in [6.07, 6.45) is 0. The number of rotatable bonds is 4. The molecule has 0 saturated heterocycles. The van der Waals surface area contributed by atoms with E-state index >= 15 is 0 Å². The van der Waals surface area contributed by atoms with E-state index in [-0.39, 0.29) is 5.75 Å². The van der Waals surface area contributed by atoms with Gasteiger partial charge in [-0.2, -0.15) is 0 Å². The number of nitrogens with one attached hydrogen (secondary N) is 1. The molecule has 0 aliphatic carbocycles. The number of fused-ring (bicyclic) bond motifs is 1. The second kappa shape index (κ2) is 4.85. The zero-order valence-electron chi connectivity index (χ0n) is 9.62. The fourth-order valence-electron chi connectivity index (χ4n) is 1.72. The topological polar surface area (TPSA) is 39.2 Å². The van der Waals surface area contributed by atoms with E-state index in [4.69, 9.17) is 21.7 Å². The fourth-order valence-corrected chi connectivity index (χ4v) is 2.02. The molecule has 0 fully saturated rings. The monoisotopic (exact) mass is 256 g/mol. The highest BCUT2D eigenvalue weighted by atomic mass is 32.1. The van der Waals surface area contributed by atoms with Crippen LogP contribution in [0.1, 0.15) is 0 Å². The molecule has 0 unspecified atom stereocenters. The van der Waals surface area contributed by atoms with Crippen LogP contribution in [0.5, 0.6) is 5.75 Å². The average Bonchev–Trinajstić information content (AvgIpc) is 2.60. The van der Waals surface area contributed by atoms with Crippen molar-refractivity contribution in [3.8, 4) is 5.75 Å². The fraction of sp³-hybridized carbons (Fsp3) is 0.364. The number of aromatic nitrogens is 2. The van der Waals surface area contributed by atoms with Crippen LogP contribution in [0.4, 0.5) is 4.39 Å². The molecule has 0 aliphatic heterocycles. The van der Waals surface area contributed by atoms with E-state index in [1.165, 1.54) is 13.2 Å². The van der Waals surface area contributed by atoms with E-state index in [9.17, 15) is 4.39 Å². The Kier molecular flexibility index (Phi) is 3.44. The number of methoxy groups -OCH3 is 2. The number of aromatic amines is 1. The lowest BCUT2D eigenvalue weighted by Crippen LogP contribution is -2.04. The minimum absolute atomic E-state index is 0.206. The lowest BCUT2D eigenvalue weighted by molar-refractivity contribution is 0.188. The number of hydrogen-bond acceptors (Lipinski definition) is 3. The van der Waals surface area contributed by atoms with Gasteiger partial charge in [0.05, 0.1) is 24.8 Å². The molecule has 1 heterocycles. The van der Waals surface area contributed by atoms with Crippen LogP contribution in [0.2, 0.25) is 0 Å². The molecule has 1 aromatic heterocycles. The van der Waals surface area contributed by atoms with E-state index in [0.29, 0.717) is 23.4 Å². The van der Waals surface area contributed by atoms with Crippen molar-refractivity contribution < 1.29 is 13.9 Å². The van der Waals surface area contributed by atoms with Gasteiger partial charge < -0.3 is 19.0 Å². The van der Waals surface area contributed by atoms with E-state index in [1.54, 1.807) is 13.2 Å². The maximum atomic E-state index is 13.5. The summed E-state index contributed by atoms with van der Waals surface area (Å²) in [5, 5.41) is 0. The summed E-state index contributed by atoms with van der Waals surface area (Å²) in [5.74, 6) is -0.201. The Bertz CT molecular complexity index is 591. The molecule has 0 atom stereocenters. The molecule has 2 rings (SSSR count). The lowest BCUT2D eigenvalue weighted by Gasteiger charge is -2.05. The van der Waals surface area contributed by atoms with Crippen LogP contribution in [-0.4, -0.2) is 30.4 Å². The summed E-state index contributed by atoms with van der Waals surface area (Å²) in [4.78, 5) is 2.95. The van der Waals surface area contributed by atoms with Crippen molar-refractivity contribution in [1.82, 2.24) is 9.55 Å². The predicted octanol–water partition coefficient (Wildman–Crippen LogP) is 2.49. The number of imidazole rings is 1. The second-order valence-corrected chi connectivity index (χ2v) is 3.97. The van der Waals surface area contributed by atoms with Crippen molar-refractivity contribution in [2.24, 2.45) is 0 Å². The third-order valence-corrected chi connectivity index (χ3v) is 2.89. The van der Waals surface area contributed by atoms with Gasteiger partial charge in [-0.05, 0) is 12.2 Å². The van der Waals surface area contributed by atoms with Crippen molar-refractivity contribution in [2.75, 3.05) is 20.8 Å². The van der Waals surface area contributed by atoms with Gasteiger partial charge in [0.2, 0.25) is 0 Å². The normalized spacial score (nSPS) is 11.0. The van der Waals surface area contributed by atoms with Crippen LogP contribution in [-0.2, 0) is 11.3 Å². The first-order valence-electron chi connectivity index (χ1n) is 5.12. The van der Waals surface area contributed by atoms with Crippen LogP contribution < -0.4 is 4.74 Å². The van der Waals surface area contributed by atoms with E-state index < -0.39 is 5.82 Å². The van der Waals surface area contributed by atoms with Gasteiger partial charge in [-0.1, -0.05) is 0 Å². The van der Waals surface area contributed by atoms with Crippen molar-refractivity contribution in [3.05, 3.63) is 22.7 Å². The van der Waals surface area contributed by atoms with Crippen molar-refractivity contribution in [1.29, 1.82) is 0 Å². The summed E-state index contributed by atoms with van der Waals surface area (Å²) in [7, 11) is 3.06. The average molecular weight is 256 g/mol. The molecule has 0 amide bonds.